The summed E-state index contributed by atoms with van der Waals surface area (Å²) in [6, 6.07) is 9.03. The van der Waals surface area contributed by atoms with E-state index in [0.717, 1.165) is 30.8 Å². The third-order valence-corrected chi connectivity index (χ3v) is 4.50. The molecule has 2 saturated heterocycles. The normalized spacial score (nSPS) is 20.8. The summed E-state index contributed by atoms with van der Waals surface area (Å²) in [6.45, 7) is 2.11. The Kier molecular flexibility index (Phi) is 4.83. The number of piperazine rings is 1. The van der Waals surface area contributed by atoms with Crippen molar-refractivity contribution < 1.29 is 14.4 Å². The highest BCUT2D eigenvalue weighted by atomic mass is 16.2. The third-order valence-electron chi connectivity index (χ3n) is 4.50. The first kappa shape index (κ1) is 15.8. The van der Waals surface area contributed by atoms with E-state index in [-0.39, 0.29) is 43.3 Å². The summed E-state index contributed by atoms with van der Waals surface area (Å²) < 4.78 is 0. The van der Waals surface area contributed by atoms with Crippen molar-refractivity contribution in [2.24, 2.45) is 0 Å². The van der Waals surface area contributed by atoms with Gasteiger partial charge in [0.2, 0.25) is 11.8 Å². The molecule has 2 heterocycles. The molecule has 2 aliphatic rings. The molecule has 1 N–H and O–H groups in total. The van der Waals surface area contributed by atoms with Crippen LogP contribution < -0.4 is 5.32 Å². The highest BCUT2D eigenvalue weighted by Gasteiger charge is 2.35. The molecule has 0 aliphatic carbocycles. The molecular formula is C17H21N3O3. The predicted octanol–water partition coefficient (Wildman–Crippen LogP) is 0.292. The van der Waals surface area contributed by atoms with Crippen molar-refractivity contribution in [2.75, 3.05) is 32.7 Å². The molecule has 0 unspecified atom stereocenters. The first-order valence-corrected chi connectivity index (χ1v) is 8.01. The van der Waals surface area contributed by atoms with Crippen molar-refractivity contribution in [3.63, 3.8) is 0 Å². The molecule has 0 bridgehead atoms. The van der Waals surface area contributed by atoms with Gasteiger partial charge < -0.3 is 5.32 Å². The highest BCUT2D eigenvalue weighted by Crippen LogP contribution is 2.16. The zero-order chi connectivity index (χ0) is 16.2. The standard InChI is InChI=1S/C17H21N3O3/c21-15(13-4-2-1-3-5-13)10-20-16(22)11-19(12-17(20)23)14-6-8-18-9-7-14/h1-5,14,18H,6-12H2. The summed E-state index contributed by atoms with van der Waals surface area (Å²) >= 11 is 0. The van der Waals surface area contributed by atoms with E-state index in [1.807, 2.05) is 11.0 Å². The van der Waals surface area contributed by atoms with Crippen LogP contribution in [0.4, 0.5) is 0 Å². The number of amides is 2. The molecule has 23 heavy (non-hydrogen) atoms. The van der Waals surface area contributed by atoms with Crippen molar-refractivity contribution in [2.45, 2.75) is 18.9 Å². The van der Waals surface area contributed by atoms with Gasteiger partial charge in [-0.3, -0.25) is 24.2 Å². The lowest BCUT2D eigenvalue weighted by Gasteiger charge is -2.38. The fraction of sp³-hybridized carbons (Fsp3) is 0.471. The molecule has 6 nitrogen and oxygen atoms in total. The average molecular weight is 315 g/mol. The summed E-state index contributed by atoms with van der Waals surface area (Å²) in [5.41, 5.74) is 0.522. The van der Waals surface area contributed by atoms with Gasteiger partial charge >= 0.3 is 0 Å². The Hall–Kier alpha value is -2.05. The molecular weight excluding hydrogens is 294 g/mol. The number of carbonyl (C=O) groups is 3. The lowest BCUT2D eigenvalue weighted by Crippen LogP contribution is -2.58. The maximum atomic E-state index is 12.3. The summed E-state index contributed by atoms with van der Waals surface area (Å²) in [5.74, 6) is -0.754. The third kappa shape index (κ3) is 3.65. The molecule has 2 amide bonds. The van der Waals surface area contributed by atoms with Gasteiger partial charge in [0.1, 0.15) is 0 Å². The molecule has 0 atom stereocenters. The first-order valence-electron chi connectivity index (χ1n) is 8.01. The van der Waals surface area contributed by atoms with Gasteiger partial charge in [0, 0.05) is 11.6 Å². The predicted molar refractivity (Wildman–Crippen MR) is 85.0 cm³/mol. The van der Waals surface area contributed by atoms with Gasteiger partial charge in [0.05, 0.1) is 19.6 Å². The Bertz CT molecular complexity index is 578. The summed E-state index contributed by atoms with van der Waals surface area (Å²) in [6.07, 6.45) is 1.90. The number of hydrogen-bond acceptors (Lipinski definition) is 5. The van der Waals surface area contributed by atoms with E-state index in [4.69, 9.17) is 0 Å². The Labute approximate surface area is 135 Å². The number of nitrogens with zero attached hydrogens (tertiary/aromatic N) is 2. The lowest BCUT2D eigenvalue weighted by molar-refractivity contribution is -0.152. The molecule has 0 spiro atoms. The van der Waals surface area contributed by atoms with Gasteiger partial charge in [-0.15, -0.1) is 0 Å². The van der Waals surface area contributed by atoms with Gasteiger partial charge in [-0.1, -0.05) is 30.3 Å². The minimum atomic E-state index is -0.274. The number of hydrogen-bond donors (Lipinski definition) is 1. The number of Topliss-reactive ketones (excluding diaryl/α,β-unsaturated/α-hetero) is 1. The summed E-state index contributed by atoms with van der Waals surface area (Å²) in [4.78, 5) is 39.9. The van der Waals surface area contributed by atoms with E-state index in [9.17, 15) is 14.4 Å². The Morgan fingerprint density at radius 3 is 2.26 bits per heavy atom. The largest absolute Gasteiger partial charge is 0.317 e. The quantitative estimate of drug-likeness (QED) is 0.639. The summed E-state index contributed by atoms with van der Waals surface area (Å²) in [5, 5.41) is 3.28. The van der Waals surface area contributed by atoms with E-state index in [2.05, 4.69) is 5.32 Å². The van der Waals surface area contributed by atoms with Crippen LogP contribution in [-0.2, 0) is 9.59 Å². The van der Waals surface area contributed by atoms with Crippen LogP contribution >= 0.6 is 0 Å². The van der Waals surface area contributed by atoms with E-state index < -0.39 is 0 Å². The second-order valence-electron chi connectivity index (χ2n) is 6.05. The van der Waals surface area contributed by atoms with E-state index >= 15 is 0 Å². The van der Waals surface area contributed by atoms with Crippen LogP contribution in [0, 0.1) is 0 Å². The minimum absolute atomic E-state index is 0.165. The van der Waals surface area contributed by atoms with Crippen LogP contribution in [0.2, 0.25) is 0 Å². The smallest absolute Gasteiger partial charge is 0.243 e. The second kappa shape index (κ2) is 7.02. The highest BCUT2D eigenvalue weighted by molar-refractivity contribution is 6.06. The van der Waals surface area contributed by atoms with Crippen molar-refractivity contribution in [3.8, 4) is 0 Å². The van der Waals surface area contributed by atoms with Gasteiger partial charge in [0.15, 0.2) is 5.78 Å². The maximum absolute atomic E-state index is 12.3. The van der Waals surface area contributed by atoms with Crippen LogP contribution in [0.3, 0.4) is 0 Å². The zero-order valence-corrected chi connectivity index (χ0v) is 13.0. The fourth-order valence-electron chi connectivity index (χ4n) is 3.18. The molecule has 0 aromatic heterocycles. The molecule has 122 valence electrons. The second-order valence-corrected chi connectivity index (χ2v) is 6.05. The topological polar surface area (TPSA) is 69.7 Å². The number of piperidine rings is 1. The molecule has 1 aromatic carbocycles. The van der Waals surface area contributed by atoms with Crippen molar-refractivity contribution >= 4 is 17.6 Å². The number of benzene rings is 1. The van der Waals surface area contributed by atoms with Crippen LogP contribution in [0.1, 0.15) is 23.2 Å². The number of ketones is 1. The van der Waals surface area contributed by atoms with Crippen LogP contribution in [0.5, 0.6) is 0 Å². The molecule has 0 saturated carbocycles. The average Bonchev–Trinajstić information content (AvgIpc) is 2.59. The van der Waals surface area contributed by atoms with Gasteiger partial charge in [-0.05, 0) is 25.9 Å². The molecule has 0 radical (unpaired) electrons. The van der Waals surface area contributed by atoms with Crippen molar-refractivity contribution in [1.82, 2.24) is 15.1 Å². The van der Waals surface area contributed by atoms with Crippen LogP contribution in [0.25, 0.3) is 0 Å². The van der Waals surface area contributed by atoms with E-state index in [1.54, 1.807) is 24.3 Å². The van der Waals surface area contributed by atoms with Gasteiger partial charge in [-0.2, -0.15) is 0 Å². The zero-order valence-electron chi connectivity index (χ0n) is 13.0. The van der Waals surface area contributed by atoms with Crippen LogP contribution in [-0.4, -0.2) is 66.2 Å². The van der Waals surface area contributed by atoms with E-state index in [0.29, 0.717) is 5.56 Å². The van der Waals surface area contributed by atoms with Crippen molar-refractivity contribution in [3.05, 3.63) is 35.9 Å². The van der Waals surface area contributed by atoms with Crippen LogP contribution in [0.15, 0.2) is 30.3 Å². The minimum Gasteiger partial charge on any atom is -0.317 e. The van der Waals surface area contributed by atoms with E-state index in [1.165, 1.54) is 0 Å². The SMILES string of the molecule is O=C(CN1C(=O)CN(C2CCNCC2)CC1=O)c1ccccc1. The molecule has 2 fully saturated rings. The van der Waals surface area contributed by atoms with Gasteiger partial charge in [-0.25, -0.2) is 0 Å². The summed E-state index contributed by atoms with van der Waals surface area (Å²) in [7, 11) is 0. The Morgan fingerprint density at radius 2 is 1.65 bits per heavy atom. The fourth-order valence-corrected chi connectivity index (χ4v) is 3.18. The number of imide groups is 1. The number of rotatable bonds is 4. The number of nitrogens with one attached hydrogen (secondary N) is 1. The lowest BCUT2D eigenvalue weighted by atomic mass is 10.0. The first-order chi connectivity index (χ1) is 11.1. The maximum Gasteiger partial charge on any atom is 0.243 e. The molecule has 3 rings (SSSR count). The monoisotopic (exact) mass is 315 g/mol. The van der Waals surface area contributed by atoms with Crippen molar-refractivity contribution in [1.29, 1.82) is 0 Å². The van der Waals surface area contributed by atoms with Gasteiger partial charge in [0.25, 0.3) is 0 Å². The number of carbonyl (C=O) groups excluding carboxylic acids is 3. The Morgan fingerprint density at radius 1 is 1.04 bits per heavy atom. The molecule has 6 heteroatoms. The molecule has 1 aromatic rings. The molecule has 2 aliphatic heterocycles. The Balaban J connectivity index is 1.63.